The third-order valence-corrected chi connectivity index (χ3v) is 9.14. The number of likely N-dealkylation sites (tertiary alicyclic amines) is 1. The van der Waals surface area contributed by atoms with E-state index in [1.165, 1.54) is 6.42 Å². The number of carbonyl (C=O) groups excluding carboxylic acids is 1. The Morgan fingerprint density at radius 2 is 1.96 bits per heavy atom. The first kappa shape index (κ1) is 18.3. The molecule has 3 aliphatic heterocycles. The molecule has 0 radical (unpaired) electrons. The summed E-state index contributed by atoms with van der Waals surface area (Å²) < 4.78 is 25.7. The Morgan fingerprint density at radius 3 is 2.68 bits per heavy atom. The standard InChI is InChI=1S/C20H28N4O3S/c1-13-4-3-7-23(9-13)20-21-8-15-12-28(26,27)17-11-24(10-16(17)18(15)22-20)19(25)14-5-2-6-14/h8,13-14,16-17H,2-7,9-12H2,1H3/t13?,16-,17+/m0/s1. The molecule has 1 unspecified atom stereocenters. The van der Waals surface area contributed by atoms with E-state index in [1.54, 1.807) is 11.1 Å². The molecule has 1 amide bonds. The fourth-order valence-electron chi connectivity index (χ4n) is 5.18. The summed E-state index contributed by atoms with van der Waals surface area (Å²) in [6.07, 6.45) is 7.04. The molecule has 1 aromatic rings. The number of carbonyl (C=O) groups is 1. The van der Waals surface area contributed by atoms with Crippen molar-refractivity contribution in [1.29, 1.82) is 0 Å². The lowest BCUT2D eigenvalue weighted by molar-refractivity contribution is -0.137. The average molecular weight is 405 g/mol. The predicted octanol–water partition coefficient (Wildman–Crippen LogP) is 1.74. The van der Waals surface area contributed by atoms with E-state index in [-0.39, 0.29) is 23.5 Å². The Morgan fingerprint density at radius 1 is 1.14 bits per heavy atom. The average Bonchev–Trinajstić information content (AvgIpc) is 3.07. The highest BCUT2D eigenvalue weighted by Crippen LogP contribution is 2.41. The van der Waals surface area contributed by atoms with Crippen molar-refractivity contribution in [2.75, 3.05) is 31.1 Å². The van der Waals surface area contributed by atoms with Gasteiger partial charge < -0.3 is 9.80 Å². The summed E-state index contributed by atoms with van der Waals surface area (Å²) in [4.78, 5) is 26.1. The Labute approximate surface area is 166 Å². The van der Waals surface area contributed by atoms with Gasteiger partial charge in [0, 0.05) is 49.8 Å². The number of anilines is 1. The fourth-order valence-corrected chi connectivity index (χ4v) is 7.18. The number of hydrogen-bond donors (Lipinski definition) is 0. The minimum atomic E-state index is -3.29. The minimum absolute atomic E-state index is 0.00829. The van der Waals surface area contributed by atoms with Crippen LogP contribution in [0.2, 0.25) is 0 Å². The molecule has 0 bridgehead atoms. The molecule has 1 aromatic heterocycles. The SMILES string of the molecule is CC1CCCN(c2ncc3c(n2)[C@H]2CN(C(=O)C4CCC4)C[C@H]2S(=O)(=O)C3)C1. The van der Waals surface area contributed by atoms with Crippen molar-refractivity contribution >= 4 is 21.7 Å². The maximum atomic E-state index is 12.9. The minimum Gasteiger partial charge on any atom is -0.341 e. The van der Waals surface area contributed by atoms with Crippen molar-refractivity contribution in [2.45, 2.75) is 55.9 Å². The summed E-state index contributed by atoms with van der Waals surface area (Å²) in [5.41, 5.74) is 1.57. The fraction of sp³-hybridized carbons (Fsp3) is 0.750. The number of piperidine rings is 1. The third kappa shape index (κ3) is 3.00. The molecule has 1 saturated carbocycles. The molecule has 4 heterocycles. The third-order valence-electron chi connectivity index (χ3n) is 7.03. The molecule has 5 rings (SSSR count). The Bertz CT molecular complexity index is 899. The quantitative estimate of drug-likeness (QED) is 0.747. The number of hydrogen-bond acceptors (Lipinski definition) is 6. The molecular formula is C20H28N4O3S. The number of amides is 1. The predicted molar refractivity (Wildman–Crippen MR) is 106 cm³/mol. The number of nitrogens with zero attached hydrogens (tertiary/aromatic N) is 4. The molecule has 3 atom stereocenters. The van der Waals surface area contributed by atoms with Gasteiger partial charge in [0.25, 0.3) is 0 Å². The highest BCUT2D eigenvalue weighted by molar-refractivity contribution is 7.91. The lowest BCUT2D eigenvalue weighted by Crippen LogP contribution is -2.39. The van der Waals surface area contributed by atoms with Crippen LogP contribution in [0.5, 0.6) is 0 Å². The van der Waals surface area contributed by atoms with E-state index in [1.807, 2.05) is 0 Å². The molecule has 152 valence electrons. The lowest BCUT2D eigenvalue weighted by atomic mass is 9.84. The van der Waals surface area contributed by atoms with Gasteiger partial charge in [-0.15, -0.1) is 0 Å². The van der Waals surface area contributed by atoms with E-state index >= 15 is 0 Å². The summed E-state index contributed by atoms with van der Waals surface area (Å²) in [6.45, 7) is 4.92. The van der Waals surface area contributed by atoms with Gasteiger partial charge in [0.2, 0.25) is 11.9 Å². The molecule has 0 N–H and O–H groups in total. The molecule has 0 spiro atoms. The molecule has 4 aliphatic rings. The first-order valence-corrected chi connectivity index (χ1v) is 12.2. The summed E-state index contributed by atoms with van der Waals surface area (Å²) in [6, 6.07) is 0. The molecule has 0 aromatic carbocycles. The van der Waals surface area contributed by atoms with Crippen LogP contribution >= 0.6 is 0 Å². The summed E-state index contributed by atoms with van der Waals surface area (Å²) >= 11 is 0. The highest BCUT2D eigenvalue weighted by atomic mass is 32.2. The van der Waals surface area contributed by atoms with Crippen LogP contribution in [0.1, 0.15) is 56.2 Å². The first-order valence-electron chi connectivity index (χ1n) is 10.5. The zero-order valence-corrected chi connectivity index (χ0v) is 17.2. The Balaban J connectivity index is 1.46. The molecule has 3 fully saturated rings. The monoisotopic (exact) mass is 404 g/mol. The molecular weight excluding hydrogens is 376 g/mol. The maximum Gasteiger partial charge on any atom is 0.225 e. The zero-order valence-electron chi connectivity index (χ0n) is 16.4. The molecule has 8 heteroatoms. The largest absolute Gasteiger partial charge is 0.341 e. The van der Waals surface area contributed by atoms with E-state index in [4.69, 9.17) is 4.98 Å². The van der Waals surface area contributed by atoms with Crippen LogP contribution in [0.25, 0.3) is 0 Å². The van der Waals surface area contributed by atoms with Gasteiger partial charge in [0.1, 0.15) is 0 Å². The van der Waals surface area contributed by atoms with E-state index in [2.05, 4.69) is 16.8 Å². The van der Waals surface area contributed by atoms with E-state index in [0.717, 1.165) is 44.5 Å². The van der Waals surface area contributed by atoms with Crippen molar-refractivity contribution in [2.24, 2.45) is 11.8 Å². The topological polar surface area (TPSA) is 83.5 Å². The number of rotatable bonds is 2. The van der Waals surface area contributed by atoms with E-state index in [9.17, 15) is 13.2 Å². The van der Waals surface area contributed by atoms with Gasteiger partial charge >= 0.3 is 0 Å². The lowest BCUT2D eigenvalue weighted by Gasteiger charge is -2.32. The second kappa shape index (κ2) is 6.68. The second-order valence-electron chi connectivity index (χ2n) is 9.10. The van der Waals surface area contributed by atoms with Gasteiger partial charge in [-0.3, -0.25) is 4.79 Å². The van der Waals surface area contributed by atoms with Crippen molar-refractivity contribution in [1.82, 2.24) is 14.9 Å². The van der Waals surface area contributed by atoms with Crippen molar-refractivity contribution in [3.05, 3.63) is 17.5 Å². The summed E-state index contributed by atoms with van der Waals surface area (Å²) in [7, 11) is -3.29. The Hall–Kier alpha value is -1.70. The van der Waals surface area contributed by atoms with Gasteiger partial charge in [-0.25, -0.2) is 18.4 Å². The van der Waals surface area contributed by atoms with Gasteiger partial charge in [-0.05, 0) is 31.6 Å². The van der Waals surface area contributed by atoms with Crippen LogP contribution in [0.15, 0.2) is 6.20 Å². The van der Waals surface area contributed by atoms with Crippen LogP contribution in [0.3, 0.4) is 0 Å². The molecule has 1 aliphatic carbocycles. The normalized spacial score (nSPS) is 31.8. The maximum absolute atomic E-state index is 12.9. The molecule has 7 nitrogen and oxygen atoms in total. The summed E-state index contributed by atoms with van der Waals surface area (Å²) in [5, 5.41) is -0.521. The Kier molecular flexibility index (Phi) is 4.37. The van der Waals surface area contributed by atoms with Crippen LogP contribution in [0, 0.1) is 11.8 Å². The smallest absolute Gasteiger partial charge is 0.225 e. The van der Waals surface area contributed by atoms with Crippen molar-refractivity contribution < 1.29 is 13.2 Å². The van der Waals surface area contributed by atoms with Gasteiger partial charge in [0.15, 0.2) is 9.84 Å². The van der Waals surface area contributed by atoms with Crippen LogP contribution in [-0.2, 0) is 20.4 Å². The number of fused-ring (bicyclic) bond motifs is 3. The molecule has 2 saturated heterocycles. The van der Waals surface area contributed by atoms with Gasteiger partial charge in [-0.1, -0.05) is 13.3 Å². The number of sulfone groups is 1. The highest BCUT2D eigenvalue weighted by Gasteiger charge is 2.49. The van der Waals surface area contributed by atoms with Crippen LogP contribution < -0.4 is 4.90 Å². The van der Waals surface area contributed by atoms with Crippen molar-refractivity contribution in [3.63, 3.8) is 0 Å². The number of aromatic nitrogens is 2. The summed E-state index contributed by atoms with van der Waals surface area (Å²) in [5.74, 6) is 1.33. The second-order valence-corrected chi connectivity index (χ2v) is 11.3. The zero-order chi connectivity index (χ0) is 19.5. The van der Waals surface area contributed by atoms with E-state index in [0.29, 0.717) is 30.5 Å². The van der Waals surface area contributed by atoms with Gasteiger partial charge in [0.05, 0.1) is 16.7 Å². The van der Waals surface area contributed by atoms with Crippen LogP contribution in [-0.4, -0.2) is 60.6 Å². The first-order chi connectivity index (χ1) is 13.4. The van der Waals surface area contributed by atoms with Crippen LogP contribution in [0.4, 0.5) is 5.95 Å². The molecule has 28 heavy (non-hydrogen) atoms. The van der Waals surface area contributed by atoms with Gasteiger partial charge in [-0.2, -0.15) is 0 Å². The van der Waals surface area contributed by atoms with E-state index < -0.39 is 15.1 Å². The van der Waals surface area contributed by atoms with Crippen molar-refractivity contribution in [3.8, 4) is 0 Å².